The molecular formula is C16H24O6. The SMILES string of the molecule is CC1=C(OC(=O)CC(C)C)C(=O)C(OC(=O)CC(C)C)CO1. The number of rotatable bonds is 6. The van der Waals surface area contributed by atoms with E-state index in [2.05, 4.69) is 0 Å². The van der Waals surface area contributed by atoms with Crippen molar-refractivity contribution >= 4 is 17.7 Å². The maximum atomic E-state index is 12.3. The number of ketones is 1. The Kier molecular flexibility index (Phi) is 6.59. The van der Waals surface area contributed by atoms with Crippen LogP contribution in [0.3, 0.4) is 0 Å². The van der Waals surface area contributed by atoms with Crippen molar-refractivity contribution in [2.24, 2.45) is 11.8 Å². The van der Waals surface area contributed by atoms with Crippen LogP contribution in [-0.4, -0.2) is 30.4 Å². The van der Waals surface area contributed by atoms with E-state index in [1.54, 1.807) is 6.92 Å². The Bertz CT molecular complexity index is 475. The van der Waals surface area contributed by atoms with Gasteiger partial charge in [0.15, 0.2) is 0 Å². The van der Waals surface area contributed by atoms with E-state index in [4.69, 9.17) is 14.2 Å². The van der Waals surface area contributed by atoms with E-state index in [-0.39, 0.29) is 42.8 Å². The lowest BCUT2D eigenvalue weighted by atomic mass is 10.1. The van der Waals surface area contributed by atoms with Gasteiger partial charge in [-0.3, -0.25) is 14.4 Å². The molecule has 1 aliphatic heterocycles. The molecule has 0 aromatic rings. The molecule has 1 aliphatic rings. The predicted octanol–water partition coefficient (Wildman–Crippen LogP) is 2.36. The van der Waals surface area contributed by atoms with E-state index in [9.17, 15) is 14.4 Å². The van der Waals surface area contributed by atoms with E-state index >= 15 is 0 Å². The van der Waals surface area contributed by atoms with Crippen molar-refractivity contribution in [3.8, 4) is 0 Å². The van der Waals surface area contributed by atoms with Gasteiger partial charge in [-0.2, -0.15) is 0 Å². The highest BCUT2D eigenvalue weighted by Crippen LogP contribution is 2.21. The third-order valence-corrected chi connectivity index (χ3v) is 2.93. The highest BCUT2D eigenvalue weighted by Gasteiger charge is 2.35. The van der Waals surface area contributed by atoms with E-state index in [1.165, 1.54) is 0 Å². The summed E-state index contributed by atoms with van der Waals surface area (Å²) in [6.07, 6.45) is -0.645. The van der Waals surface area contributed by atoms with Crippen LogP contribution in [0.15, 0.2) is 11.5 Å². The maximum Gasteiger partial charge on any atom is 0.311 e. The highest BCUT2D eigenvalue weighted by molar-refractivity contribution is 6.00. The van der Waals surface area contributed by atoms with Gasteiger partial charge in [0.2, 0.25) is 17.6 Å². The Hall–Kier alpha value is -1.85. The van der Waals surface area contributed by atoms with Gasteiger partial charge >= 0.3 is 11.9 Å². The van der Waals surface area contributed by atoms with Crippen LogP contribution in [0.25, 0.3) is 0 Å². The smallest absolute Gasteiger partial charge is 0.311 e. The van der Waals surface area contributed by atoms with Crippen LogP contribution in [0, 0.1) is 11.8 Å². The summed E-state index contributed by atoms with van der Waals surface area (Å²) in [6, 6.07) is 0. The zero-order valence-electron chi connectivity index (χ0n) is 13.8. The van der Waals surface area contributed by atoms with Gasteiger partial charge in [-0.1, -0.05) is 27.7 Å². The molecule has 0 N–H and O–H groups in total. The molecule has 1 unspecified atom stereocenters. The van der Waals surface area contributed by atoms with Crippen LogP contribution in [-0.2, 0) is 28.6 Å². The van der Waals surface area contributed by atoms with Gasteiger partial charge in [0.1, 0.15) is 12.4 Å². The number of allylic oxidation sites excluding steroid dienone is 1. The average Bonchev–Trinajstić information content (AvgIpc) is 2.36. The van der Waals surface area contributed by atoms with Crippen LogP contribution in [0.4, 0.5) is 0 Å². The minimum atomic E-state index is -1.06. The van der Waals surface area contributed by atoms with Crippen molar-refractivity contribution in [2.45, 2.75) is 53.6 Å². The van der Waals surface area contributed by atoms with Gasteiger partial charge in [0.25, 0.3) is 0 Å². The topological polar surface area (TPSA) is 78.9 Å². The minimum absolute atomic E-state index is 0.0558. The molecule has 0 amide bonds. The fourth-order valence-corrected chi connectivity index (χ4v) is 1.90. The summed E-state index contributed by atoms with van der Waals surface area (Å²) in [5.41, 5.74) is 0. The molecule has 1 atom stereocenters. The summed E-state index contributed by atoms with van der Waals surface area (Å²) in [7, 11) is 0. The zero-order chi connectivity index (χ0) is 16.9. The first-order chi connectivity index (χ1) is 10.2. The molecule has 22 heavy (non-hydrogen) atoms. The predicted molar refractivity (Wildman–Crippen MR) is 78.5 cm³/mol. The van der Waals surface area contributed by atoms with Gasteiger partial charge in [0.05, 0.1) is 0 Å². The second-order valence-corrected chi connectivity index (χ2v) is 6.21. The largest absolute Gasteiger partial charge is 0.490 e. The van der Waals surface area contributed by atoms with E-state index in [1.807, 2.05) is 27.7 Å². The lowest BCUT2D eigenvalue weighted by molar-refractivity contribution is -0.162. The lowest BCUT2D eigenvalue weighted by Gasteiger charge is -2.24. The Labute approximate surface area is 130 Å². The third-order valence-electron chi connectivity index (χ3n) is 2.93. The first-order valence-corrected chi connectivity index (χ1v) is 7.48. The molecule has 0 spiro atoms. The lowest BCUT2D eigenvalue weighted by Crippen LogP contribution is -2.38. The molecule has 0 aliphatic carbocycles. The highest BCUT2D eigenvalue weighted by atomic mass is 16.6. The fraction of sp³-hybridized carbons (Fsp3) is 0.688. The molecule has 1 heterocycles. The first-order valence-electron chi connectivity index (χ1n) is 7.48. The van der Waals surface area contributed by atoms with Crippen LogP contribution in [0.1, 0.15) is 47.5 Å². The molecule has 124 valence electrons. The van der Waals surface area contributed by atoms with Crippen molar-refractivity contribution in [1.29, 1.82) is 0 Å². The third kappa shape index (κ3) is 5.50. The van der Waals surface area contributed by atoms with Gasteiger partial charge in [0, 0.05) is 12.8 Å². The summed E-state index contributed by atoms with van der Waals surface area (Å²) in [5, 5.41) is 0. The van der Waals surface area contributed by atoms with E-state index < -0.39 is 23.8 Å². The number of Topliss-reactive ketones (excluding diaryl/α,β-unsaturated/α-hetero) is 1. The van der Waals surface area contributed by atoms with Crippen LogP contribution >= 0.6 is 0 Å². The van der Waals surface area contributed by atoms with Crippen molar-refractivity contribution in [2.75, 3.05) is 6.61 Å². The standard InChI is InChI=1S/C16H24O6/c1-9(2)6-13(17)21-12-8-20-11(5)16(15(12)19)22-14(18)7-10(3)4/h9-10,12H,6-8H2,1-5H3. The van der Waals surface area contributed by atoms with Gasteiger partial charge < -0.3 is 14.2 Å². The van der Waals surface area contributed by atoms with Gasteiger partial charge in [-0.25, -0.2) is 0 Å². The van der Waals surface area contributed by atoms with Gasteiger partial charge in [-0.15, -0.1) is 0 Å². The second kappa shape index (κ2) is 7.96. The molecule has 1 rings (SSSR count). The van der Waals surface area contributed by atoms with E-state index in [0.29, 0.717) is 0 Å². The number of esters is 2. The number of ether oxygens (including phenoxy) is 3. The molecule has 0 saturated heterocycles. The number of carbonyl (C=O) groups is 3. The number of hydrogen-bond acceptors (Lipinski definition) is 6. The second-order valence-electron chi connectivity index (χ2n) is 6.21. The van der Waals surface area contributed by atoms with Crippen LogP contribution in [0.2, 0.25) is 0 Å². The molecule has 0 fully saturated rings. The van der Waals surface area contributed by atoms with Gasteiger partial charge in [-0.05, 0) is 18.8 Å². The first kappa shape index (κ1) is 18.2. The molecule has 0 bridgehead atoms. The molecule has 0 aromatic carbocycles. The monoisotopic (exact) mass is 312 g/mol. The van der Waals surface area contributed by atoms with Crippen molar-refractivity contribution in [3.63, 3.8) is 0 Å². The molecular weight excluding hydrogens is 288 g/mol. The molecule has 0 radical (unpaired) electrons. The summed E-state index contributed by atoms with van der Waals surface area (Å²) in [4.78, 5) is 35.7. The van der Waals surface area contributed by atoms with Crippen LogP contribution in [0.5, 0.6) is 0 Å². The fourth-order valence-electron chi connectivity index (χ4n) is 1.90. The average molecular weight is 312 g/mol. The summed E-state index contributed by atoms with van der Waals surface area (Å²) >= 11 is 0. The van der Waals surface area contributed by atoms with Crippen molar-refractivity contribution in [1.82, 2.24) is 0 Å². The molecule has 0 saturated carbocycles. The van der Waals surface area contributed by atoms with Crippen LogP contribution < -0.4 is 0 Å². The summed E-state index contributed by atoms with van der Waals surface area (Å²) in [5.74, 6) is -1.18. The summed E-state index contributed by atoms with van der Waals surface area (Å²) in [6.45, 7) is 8.99. The maximum absolute atomic E-state index is 12.3. The minimum Gasteiger partial charge on any atom is -0.490 e. The Morgan fingerprint density at radius 3 is 2.23 bits per heavy atom. The quantitative estimate of drug-likeness (QED) is 0.701. The van der Waals surface area contributed by atoms with Crippen molar-refractivity contribution < 1.29 is 28.6 Å². The number of hydrogen-bond donors (Lipinski definition) is 0. The molecule has 6 nitrogen and oxygen atoms in total. The molecule has 6 heteroatoms. The zero-order valence-corrected chi connectivity index (χ0v) is 13.8. The van der Waals surface area contributed by atoms with E-state index in [0.717, 1.165) is 0 Å². The Morgan fingerprint density at radius 2 is 1.68 bits per heavy atom. The van der Waals surface area contributed by atoms with Crippen molar-refractivity contribution in [3.05, 3.63) is 11.5 Å². The summed E-state index contributed by atoms with van der Waals surface area (Å²) < 4.78 is 15.5. The Balaban J connectivity index is 2.71. The Morgan fingerprint density at radius 1 is 1.14 bits per heavy atom. The molecule has 0 aromatic heterocycles. The number of carbonyl (C=O) groups excluding carboxylic acids is 3. The normalized spacial score (nSPS) is 18.5.